The van der Waals surface area contributed by atoms with Crippen LogP contribution in [0.25, 0.3) is 11.1 Å². The Kier molecular flexibility index (Phi) is 7.03. The van der Waals surface area contributed by atoms with E-state index in [9.17, 15) is 0 Å². The quantitative estimate of drug-likeness (QED) is 0.358. The van der Waals surface area contributed by atoms with E-state index in [1.807, 2.05) is 0 Å². The average molecular weight is 546 g/mol. The molecular weight excluding hydrogens is 500 g/mol. The molecule has 0 amide bonds. The molecule has 2 aliphatic rings. The summed E-state index contributed by atoms with van der Waals surface area (Å²) >= 11 is -2.16. The number of hydrogen-bond donors (Lipinski definition) is 0. The van der Waals surface area contributed by atoms with E-state index in [1.165, 1.54) is 35.1 Å². The van der Waals surface area contributed by atoms with Crippen molar-refractivity contribution in [3.05, 3.63) is 79.7 Å². The first kappa shape index (κ1) is 26.7. The zero-order valence-electron chi connectivity index (χ0n) is 24.1. The maximum atomic E-state index is 2.63. The fraction of sp³-hybridized carbons (Fsp3) is 0.500. The van der Waals surface area contributed by atoms with Crippen LogP contribution >= 0.6 is 0 Å². The van der Waals surface area contributed by atoms with E-state index in [1.54, 1.807) is 23.2 Å². The third-order valence-electron chi connectivity index (χ3n) is 8.46. The fourth-order valence-corrected chi connectivity index (χ4v) is 13.9. The normalized spacial score (nSPS) is 16.1. The zero-order valence-corrected chi connectivity index (χ0v) is 26.6. The second kappa shape index (κ2) is 9.20. The molecule has 2 aliphatic carbocycles. The standard InChI is InChI=1S/C21H25.C10H15.C3H6.Zr/c1-20(2,3)16-9-7-14-11-15-8-10-17(21(4,5)6)13-19(15)18(14)12-16;1-4-10(2,3)9-7-5-6-8-9;1-3-2;/h7-13H,1-6H3;7-8H,4-5H2,1-3H3;1-2H3;. The van der Waals surface area contributed by atoms with Crippen LogP contribution in [0.3, 0.4) is 0 Å². The van der Waals surface area contributed by atoms with Gasteiger partial charge >= 0.3 is 224 Å². The van der Waals surface area contributed by atoms with Crippen molar-refractivity contribution >= 4 is 3.21 Å². The summed E-state index contributed by atoms with van der Waals surface area (Å²) in [6, 6.07) is 14.9. The van der Waals surface area contributed by atoms with Gasteiger partial charge in [-0.25, -0.2) is 0 Å². The van der Waals surface area contributed by atoms with Gasteiger partial charge in [0.2, 0.25) is 0 Å². The van der Waals surface area contributed by atoms with Crippen LogP contribution in [0.15, 0.2) is 57.4 Å². The molecule has 186 valence electrons. The monoisotopic (exact) mass is 544 g/mol. The Bertz CT molecular complexity index is 1180. The van der Waals surface area contributed by atoms with Crippen LogP contribution < -0.4 is 0 Å². The van der Waals surface area contributed by atoms with Crippen molar-refractivity contribution in [3.63, 3.8) is 0 Å². The summed E-state index contributed by atoms with van der Waals surface area (Å²) in [5.41, 5.74) is 11.2. The molecule has 2 aromatic carbocycles. The molecule has 0 heterocycles. The molecule has 0 atom stereocenters. The summed E-state index contributed by atoms with van der Waals surface area (Å²) < 4.78 is 4.08. The van der Waals surface area contributed by atoms with Gasteiger partial charge in [0, 0.05) is 0 Å². The van der Waals surface area contributed by atoms with Gasteiger partial charge in [0.05, 0.1) is 0 Å². The Morgan fingerprint density at radius 1 is 0.800 bits per heavy atom. The molecule has 0 radical (unpaired) electrons. The fourth-order valence-electron chi connectivity index (χ4n) is 5.68. The molecule has 0 nitrogen and oxygen atoms in total. The van der Waals surface area contributed by atoms with Gasteiger partial charge in [0.25, 0.3) is 0 Å². The number of hydrogen-bond acceptors (Lipinski definition) is 0. The van der Waals surface area contributed by atoms with Gasteiger partial charge in [-0.15, -0.1) is 0 Å². The van der Waals surface area contributed by atoms with E-state index in [4.69, 9.17) is 0 Å². The van der Waals surface area contributed by atoms with Gasteiger partial charge in [-0.05, 0) is 0 Å². The van der Waals surface area contributed by atoms with Crippen molar-refractivity contribution in [2.24, 2.45) is 5.41 Å². The summed E-state index contributed by atoms with van der Waals surface area (Å²) in [4.78, 5) is 0. The van der Waals surface area contributed by atoms with Crippen molar-refractivity contribution in [2.75, 3.05) is 0 Å². The Hall–Kier alpha value is -1.33. The first-order chi connectivity index (χ1) is 16.1. The molecule has 4 rings (SSSR count). The van der Waals surface area contributed by atoms with Crippen molar-refractivity contribution < 1.29 is 21.3 Å². The topological polar surface area (TPSA) is 0 Å². The minimum atomic E-state index is -2.16. The van der Waals surface area contributed by atoms with Gasteiger partial charge in [-0.2, -0.15) is 0 Å². The Morgan fingerprint density at radius 3 is 1.69 bits per heavy atom. The molecule has 2 aromatic rings. The molecule has 0 saturated carbocycles. The Morgan fingerprint density at radius 2 is 1.29 bits per heavy atom. The number of benzene rings is 2. The first-order valence-corrected chi connectivity index (χ1v) is 17.4. The molecule has 0 N–H and O–H groups in total. The van der Waals surface area contributed by atoms with Crippen molar-refractivity contribution in [3.8, 4) is 11.1 Å². The van der Waals surface area contributed by atoms with Crippen LogP contribution in [-0.2, 0) is 32.1 Å². The zero-order chi connectivity index (χ0) is 25.9. The Balaban J connectivity index is 1.93. The molecule has 35 heavy (non-hydrogen) atoms. The van der Waals surface area contributed by atoms with E-state index < -0.39 is 21.3 Å². The molecule has 0 bridgehead atoms. The number of rotatable bonds is 4. The molecular formula is C34H46Zr. The molecule has 0 aliphatic heterocycles. The SMILES string of the molecule is CCC(C)(C)C1=CC[C]([Zr](=[C](C)C)[CH]2c3ccc(C(C)(C)C)cc3-c3cc(C(C)(C)C)ccc32)=C1. The van der Waals surface area contributed by atoms with Gasteiger partial charge < -0.3 is 0 Å². The van der Waals surface area contributed by atoms with Crippen LogP contribution in [0.4, 0.5) is 0 Å². The molecule has 0 fully saturated rings. The van der Waals surface area contributed by atoms with Crippen molar-refractivity contribution in [1.82, 2.24) is 0 Å². The van der Waals surface area contributed by atoms with E-state index in [0.29, 0.717) is 3.63 Å². The third kappa shape index (κ3) is 4.97. The summed E-state index contributed by atoms with van der Waals surface area (Å²) in [6.07, 6.45) is 7.54. The molecule has 0 aromatic heterocycles. The van der Waals surface area contributed by atoms with Crippen LogP contribution in [0.1, 0.15) is 115 Å². The summed E-state index contributed by atoms with van der Waals surface area (Å²) in [7, 11) is 0. The van der Waals surface area contributed by atoms with Crippen molar-refractivity contribution in [1.29, 1.82) is 0 Å². The van der Waals surface area contributed by atoms with Crippen LogP contribution in [0, 0.1) is 5.41 Å². The van der Waals surface area contributed by atoms with E-state index in [-0.39, 0.29) is 16.2 Å². The summed E-state index contributed by atoms with van der Waals surface area (Å²) in [5.74, 6) is 0. The first-order valence-electron chi connectivity index (χ1n) is 13.5. The number of fused-ring (bicyclic) bond motifs is 3. The summed E-state index contributed by atoms with van der Waals surface area (Å²) in [6.45, 7) is 26.0. The maximum absolute atomic E-state index is 2.63. The van der Waals surface area contributed by atoms with Gasteiger partial charge in [0.15, 0.2) is 0 Å². The van der Waals surface area contributed by atoms with Gasteiger partial charge in [-0.3, -0.25) is 0 Å². The van der Waals surface area contributed by atoms with Crippen LogP contribution in [-0.4, -0.2) is 3.21 Å². The van der Waals surface area contributed by atoms with Crippen LogP contribution in [0.5, 0.6) is 0 Å². The molecule has 1 heteroatoms. The summed E-state index contributed by atoms with van der Waals surface area (Å²) in [5, 5.41) is 0. The van der Waals surface area contributed by atoms with Crippen molar-refractivity contribution in [2.45, 2.75) is 103 Å². The second-order valence-corrected chi connectivity index (χ2v) is 21.2. The van der Waals surface area contributed by atoms with Crippen LogP contribution in [0.2, 0.25) is 0 Å². The second-order valence-electron chi connectivity index (χ2n) is 13.7. The molecule has 0 saturated heterocycles. The van der Waals surface area contributed by atoms with Gasteiger partial charge in [0.1, 0.15) is 0 Å². The average Bonchev–Trinajstić information content (AvgIpc) is 3.36. The van der Waals surface area contributed by atoms with E-state index >= 15 is 0 Å². The molecule has 0 unspecified atom stereocenters. The predicted octanol–water partition coefficient (Wildman–Crippen LogP) is 9.83. The third-order valence-corrected chi connectivity index (χ3v) is 16.6. The van der Waals surface area contributed by atoms with E-state index in [0.717, 1.165) is 0 Å². The predicted molar refractivity (Wildman–Crippen MR) is 152 cm³/mol. The minimum absolute atomic E-state index is 0.155. The molecule has 0 spiro atoms. The Labute approximate surface area is 223 Å². The van der Waals surface area contributed by atoms with Gasteiger partial charge in [-0.1, -0.05) is 0 Å². The number of allylic oxidation sites excluding steroid dienone is 4. The van der Waals surface area contributed by atoms with E-state index in [2.05, 4.69) is 125 Å².